The molecule has 0 fully saturated rings. The van der Waals surface area contributed by atoms with E-state index in [2.05, 4.69) is 16.0 Å². The number of hydrogen-bond donors (Lipinski definition) is 3. The van der Waals surface area contributed by atoms with E-state index in [1.54, 1.807) is 31.2 Å². The molecule has 0 aliphatic rings. The van der Waals surface area contributed by atoms with Crippen molar-refractivity contribution in [3.05, 3.63) is 29.8 Å². The molecule has 1 rings (SSSR count). The van der Waals surface area contributed by atoms with Gasteiger partial charge in [0.2, 0.25) is 11.8 Å². The predicted molar refractivity (Wildman–Crippen MR) is 96.3 cm³/mol. The van der Waals surface area contributed by atoms with E-state index in [9.17, 15) is 19.2 Å². The second kappa shape index (κ2) is 10.9. The first-order chi connectivity index (χ1) is 12.3. The van der Waals surface area contributed by atoms with Crippen LogP contribution in [-0.2, 0) is 30.3 Å². The average molecular weight is 363 g/mol. The van der Waals surface area contributed by atoms with Crippen LogP contribution in [-0.4, -0.2) is 42.9 Å². The van der Waals surface area contributed by atoms with Crippen LogP contribution >= 0.6 is 0 Å². The zero-order valence-electron chi connectivity index (χ0n) is 15.3. The topological polar surface area (TPSA) is 114 Å². The molecule has 1 atom stereocenters. The lowest BCUT2D eigenvalue weighted by Gasteiger charge is -2.13. The van der Waals surface area contributed by atoms with Crippen molar-refractivity contribution in [2.75, 3.05) is 18.5 Å². The molecule has 142 valence electrons. The Morgan fingerprint density at radius 3 is 2.35 bits per heavy atom. The maximum absolute atomic E-state index is 11.8. The first-order valence-electron chi connectivity index (χ1n) is 8.41. The zero-order valence-corrected chi connectivity index (χ0v) is 15.3. The van der Waals surface area contributed by atoms with Gasteiger partial charge in [0, 0.05) is 19.2 Å². The van der Waals surface area contributed by atoms with E-state index >= 15 is 0 Å². The molecule has 3 N–H and O–H groups in total. The molecule has 8 nitrogen and oxygen atoms in total. The summed E-state index contributed by atoms with van der Waals surface area (Å²) in [5.41, 5.74) is 1.32. The lowest BCUT2D eigenvalue weighted by Crippen LogP contribution is -2.46. The summed E-state index contributed by atoms with van der Waals surface area (Å²) in [6.07, 6.45) is 0.802. The minimum atomic E-state index is -0.700. The fraction of sp³-hybridized carbons (Fsp3) is 0.444. The van der Waals surface area contributed by atoms with Gasteiger partial charge in [0.1, 0.15) is 6.04 Å². The van der Waals surface area contributed by atoms with Gasteiger partial charge < -0.3 is 20.7 Å². The van der Waals surface area contributed by atoms with Crippen LogP contribution in [0, 0.1) is 0 Å². The number of ether oxygens (including phenoxy) is 1. The average Bonchev–Trinajstić information content (AvgIpc) is 2.59. The SMILES string of the molecule is CCCNC(=O)[C@H](C)NC(=O)COC(=O)Cc1ccc(NC(C)=O)cc1. The number of hydrogen-bond acceptors (Lipinski definition) is 5. The summed E-state index contributed by atoms with van der Waals surface area (Å²) >= 11 is 0. The highest BCUT2D eigenvalue weighted by Crippen LogP contribution is 2.10. The van der Waals surface area contributed by atoms with Crippen molar-refractivity contribution in [2.24, 2.45) is 0 Å². The van der Waals surface area contributed by atoms with Crippen molar-refractivity contribution in [1.29, 1.82) is 0 Å². The van der Waals surface area contributed by atoms with Crippen LogP contribution < -0.4 is 16.0 Å². The van der Waals surface area contributed by atoms with E-state index in [4.69, 9.17) is 4.74 Å². The van der Waals surface area contributed by atoms with Crippen LogP contribution in [0.15, 0.2) is 24.3 Å². The van der Waals surface area contributed by atoms with E-state index in [1.165, 1.54) is 6.92 Å². The highest BCUT2D eigenvalue weighted by Gasteiger charge is 2.16. The minimum Gasteiger partial charge on any atom is -0.455 e. The zero-order chi connectivity index (χ0) is 19.5. The van der Waals surface area contributed by atoms with Gasteiger partial charge in [-0.1, -0.05) is 19.1 Å². The number of carbonyl (C=O) groups excluding carboxylic acids is 4. The van der Waals surface area contributed by atoms with E-state index in [0.29, 0.717) is 17.8 Å². The maximum atomic E-state index is 11.8. The second-order valence-electron chi connectivity index (χ2n) is 5.80. The van der Waals surface area contributed by atoms with Crippen molar-refractivity contribution in [1.82, 2.24) is 10.6 Å². The van der Waals surface area contributed by atoms with Crippen molar-refractivity contribution >= 4 is 29.4 Å². The lowest BCUT2D eigenvalue weighted by molar-refractivity contribution is -0.148. The number of rotatable bonds is 9. The Balaban J connectivity index is 2.35. The summed E-state index contributed by atoms with van der Waals surface area (Å²) in [5.74, 6) is -1.57. The van der Waals surface area contributed by atoms with E-state index in [0.717, 1.165) is 6.42 Å². The minimum absolute atomic E-state index is 0.000170. The van der Waals surface area contributed by atoms with E-state index in [1.807, 2.05) is 6.92 Å². The molecule has 0 aliphatic heterocycles. The molecular formula is C18H25N3O5. The molecule has 0 bridgehead atoms. The fourth-order valence-electron chi connectivity index (χ4n) is 2.02. The van der Waals surface area contributed by atoms with Crippen LogP contribution in [0.5, 0.6) is 0 Å². The van der Waals surface area contributed by atoms with Crippen molar-refractivity contribution in [2.45, 2.75) is 39.7 Å². The van der Waals surface area contributed by atoms with Crippen LogP contribution in [0.1, 0.15) is 32.8 Å². The number of nitrogens with one attached hydrogen (secondary N) is 3. The summed E-state index contributed by atoms with van der Waals surface area (Å²) in [6.45, 7) is 4.98. The molecule has 0 aliphatic carbocycles. The molecule has 0 unspecified atom stereocenters. The highest BCUT2D eigenvalue weighted by molar-refractivity contribution is 5.89. The summed E-state index contributed by atoms with van der Waals surface area (Å²) in [7, 11) is 0. The standard InChI is InChI=1S/C18H25N3O5/c1-4-9-19-18(25)12(2)20-16(23)11-26-17(24)10-14-5-7-15(8-6-14)21-13(3)22/h5-8,12H,4,9-11H2,1-3H3,(H,19,25)(H,20,23)(H,21,22)/t12-/m0/s1. The van der Waals surface area contributed by atoms with Gasteiger partial charge in [0.05, 0.1) is 6.42 Å². The molecule has 1 aromatic carbocycles. The summed E-state index contributed by atoms with van der Waals surface area (Å²) < 4.78 is 4.91. The number of carbonyl (C=O) groups is 4. The Morgan fingerprint density at radius 2 is 1.77 bits per heavy atom. The van der Waals surface area contributed by atoms with Gasteiger partial charge in [-0.25, -0.2) is 0 Å². The van der Waals surface area contributed by atoms with Crippen molar-refractivity contribution < 1.29 is 23.9 Å². The molecule has 3 amide bonds. The summed E-state index contributed by atoms with van der Waals surface area (Å²) in [4.78, 5) is 46.1. The lowest BCUT2D eigenvalue weighted by atomic mass is 10.1. The molecule has 0 radical (unpaired) electrons. The fourth-order valence-corrected chi connectivity index (χ4v) is 2.02. The molecule has 0 saturated heterocycles. The van der Waals surface area contributed by atoms with Gasteiger partial charge in [-0.2, -0.15) is 0 Å². The second-order valence-corrected chi connectivity index (χ2v) is 5.80. The molecule has 0 heterocycles. The Labute approximate surface area is 152 Å². The first kappa shape index (κ1) is 21.1. The quantitative estimate of drug-likeness (QED) is 0.561. The van der Waals surface area contributed by atoms with Gasteiger partial charge in [0.25, 0.3) is 5.91 Å². The normalized spacial score (nSPS) is 11.2. The smallest absolute Gasteiger partial charge is 0.310 e. The van der Waals surface area contributed by atoms with Crippen LogP contribution in [0.3, 0.4) is 0 Å². The number of esters is 1. The Kier molecular flexibility index (Phi) is 8.83. The van der Waals surface area contributed by atoms with E-state index < -0.39 is 24.5 Å². The van der Waals surface area contributed by atoms with Crippen molar-refractivity contribution in [3.63, 3.8) is 0 Å². The number of anilines is 1. The molecule has 0 saturated carbocycles. The number of benzene rings is 1. The highest BCUT2D eigenvalue weighted by atomic mass is 16.5. The van der Waals surface area contributed by atoms with Gasteiger partial charge in [0.15, 0.2) is 6.61 Å². The molecule has 26 heavy (non-hydrogen) atoms. The molecule has 8 heteroatoms. The monoisotopic (exact) mass is 363 g/mol. The molecule has 0 aromatic heterocycles. The Hall–Kier alpha value is -2.90. The Bertz CT molecular complexity index is 643. The first-order valence-corrected chi connectivity index (χ1v) is 8.41. The number of amides is 3. The predicted octanol–water partition coefficient (Wildman–Crippen LogP) is 0.762. The van der Waals surface area contributed by atoms with Crippen LogP contribution in [0.2, 0.25) is 0 Å². The third-order valence-corrected chi connectivity index (χ3v) is 3.31. The maximum Gasteiger partial charge on any atom is 0.310 e. The van der Waals surface area contributed by atoms with Crippen LogP contribution in [0.25, 0.3) is 0 Å². The van der Waals surface area contributed by atoms with Gasteiger partial charge in [-0.05, 0) is 31.0 Å². The van der Waals surface area contributed by atoms with Gasteiger partial charge >= 0.3 is 5.97 Å². The molecule has 1 aromatic rings. The summed E-state index contributed by atoms with van der Waals surface area (Å²) in [5, 5.41) is 7.75. The Morgan fingerprint density at radius 1 is 1.12 bits per heavy atom. The van der Waals surface area contributed by atoms with Crippen molar-refractivity contribution in [3.8, 4) is 0 Å². The largest absolute Gasteiger partial charge is 0.455 e. The third kappa shape index (κ3) is 8.27. The van der Waals surface area contributed by atoms with E-state index in [-0.39, 0.29) is 18.2 Å². The van der Waals surface area contributed by atoms with Gasteiger partial charge in [-0.15, -0.1) is 0 Å². The molecular weight excluding hydrogens is 338 g/mol. The third-order valence-electron chi connectivity index (χ3n) is 3.31. The van der Waals surface area contributed by atoms with Crippen LogP contribution in [0.4, 0.5) is 5.69 Å². The van der Waals surface area contributed by atoms with Gasteiger partial charge in [-0.3, -0.25) is 19.2 Å². The molecule has 0 spiro atoms. The summed E-state index contributed by atoms with van der Waals surface area (Å²) in [6, 6.07) is 6.02.